The SMILES string of the molecule is CCCCCC/C=C/C1NC=C[N+]1(CC)C(C)O. The Morgan fingerprint density at radius 3 is 2.72 bits per heavy atom. The molecule has 0 aromatic rings. The van der Waals surface area contributed by atoms with Crippen molar-refractivity contribution in [3.63, 3.8) is 0 Å². The van der Waals surface area contributed by atoms with Gasteiger partial charge in [0, 0.05) is 6.92 Å². The van der Waals surface area contributed by atoms with Gasteiger partial charge in [-0.15, -0.1) is 0 Å². The van der Waals surface area contributed by atoms with Crippen molar-refractivity contribution in [3.8, 4) is 0 Å². The summed E-state index contributed by atoms with van der Waals surface area (Å²) in [6.45, 7) is 7.11. The summed E-state index contributed by atoms with van der Waals surface area (Å²) >= 11 is 0. The Balaban J connectivity index is 2.43. The highest BCUT2D eigenvalue weighted by Crippen LogP contribution is 2.23. The van der Waals surface area contributed by atoms with Crippen molar-refractivity contribution in [3.05, 3.63) is 24.6 Å². The van der Waals surface area contributed by atoms with Crippen LogP contribution in [0.15, 0.2) is 24.6 Å². The molecule has 1 rings (SSSR count). The Morgan fingerprint density at radius 2 is 2.11 bits per heavy atom. The molecule has 1 aliphatic rings. The highest BCUT2D eigenvalue weighted by molar-refractivity contribution is 4.97. The Bertz CT molecular complexity index is 286. The molecule has 3 nitrogen and oxygen atoms in total. The van der Waals surface area contributed by atoms with Crippen LogP contribution in [0.25, 0.3) is 0 Å². The molecule has 18 heavy (non-hydrogen) atoms. The molecule has 1 heterocycles. The first-order chi connectivity index (χ1) is 8.67. The number of aliphatic hydroxyl groups excluding tert-OH is 1. The molecule has 1 aliphatic heterocycles. The summed E-state index contributed by atoms with van der Waals surface area (Å²) in [6.07, 6.45) is 14.6. The van der Waals surface area contributed by atoms with Crippen molar-refractivity contribution in [2.75, 3.05) is 6.54 Å². The maximum atomic E-state index is 9.99. The van der Waals surface area contributed by atoms with Gasteiger partial charge in [-0.05, 0) is 25.8 Å². The van der Waals surface area contributed by atoms with Gasteiger partial charge in [-0.3, -0.25) is 0 Å². The average molecular weight is 253 g/mol. The van der Waals surface area contributed by atoms with Gasteiger partial charge in [-0.1, -0.05) is 32.3 Å². The monoisotopic (exact) mass is 253 g/mol. The minimum atomic E-state index is -0.379. The third-order valence-electron chi connectivity index (χ3n) is 3.92. The Hall–Kier alpha value is -0.800. The molecule has 0 aromatic carbocycles. The van der Waals surface area contributed by atoms with Gasteiger partial charge in [0.15, 0.2) is 12.4 Å². The standard InChI is InChI=1S/C15H29N2O/c1-4-6-7-8-9-10-11-15-16-12-13-17(15,5-2)14(3)18/h10-16,18H,4-9H2,1-3H3/q+1/b11-10+. The second-order valence-corrected chi connectivity index (χ2v) is 5.15. The Labute approximate surface area is 112 Å². The third kappa shape index (κ3) is 3.59. The summed E-state index contributed by atoms with van der Waals surface area (Å²) in [6, 6.07) is 0. The molecule has 0 aliphatic carbocycles. The second-order valence-electron chi connectivity index (χ2n) is 5.15. The predicted octanol–water partition coefficient (Wildman–Crippen LogP) is 3.09. The van der Waals surface area contributed by atoms with E-state index in [-0.39, 0.29) is 12.4 Å². The molecule has 0 bridgehead atoms. The summed E-state index contributed by atoms with van der Waals surface area (Å²) in [4.78, 5) is 0. The minimum Gasteiger partial charge on any atom is -0.345 e. The summed E-state index contributed by atoms with van der Waals surface area (Å²) in [7, 11) is 0. The molecule has 0 radical (unpaired) electrons. The van der Waals surface area contributed by atoms with Gasteiger partial charge in [0.05, 0.1) is 12.7 Å². The molecule has 3 unspecified atom stereocenters. The molecule has 104 valence electrons. The van der Waals surface area contributed by atoms with Crippen LogP contribution < -0.4 is 5.32 Å². The number of allylic oxidation sites excluding steroid dienone is 1. The molecule has 0 spiro atoms. The zero-order chi connectivity index (χ0) is 13.4. The van der Waals surface area contributed by atoms with Crippen LogP contribution >= 0.6 is 0 Å². The van der Waals surface area contributed by atoms with Gasteiger partial charge in [-0.25, -0.2) is 4.48 Å². The molecule has 3 heteroatoms. The van der Waals surface area contributed by atoms with E-state index in [9.17, 15) is 5.11 Å². The Morgan fingerprint density at radius 1 is 1.33 bits per heavy atom. The number of unbranched alkanes of at least 4 members (excludes halogenated alkanes) is 4. The van der Waals surface area contributed by atoms with E-state index in [0.29, 0.717) is 4.48 Å². The largest absolute Gasteiger partial charge is 0.345 e. The van der Waals surface area contributed by atoms with Crippen LogP contribution in [-0.2, 0) is 0 Å². The van der Waals surface area contributed by atoms with E-state index in [2.05, 4.69) is 37.5 Å². The zero-order valence-corrected chi connectivity index (χ0v) is 12.1. The van der Waals surface area contributed by atoms with Gasteiger partial charge in [0.25, 0.3) is 0 Å². The lowest BCUT2D eigenvalue weighted by Gasteiger charge is -2.37. The lowest BCUT2D eigenvalue weighted by Crippen LogP contribution is -2.56. The number of hydrogen-bond acceptors (Lipinski definition) is 2. The highest BCUT2D eigenvalue weighted by atomic mass is 16.3. The van der Waals surface area contributed by atoms with Crippen LogP contribution in [0.2, 0.25) is 0 Å². The molecule has 0 saturated heterocycles. The van der Waals surface area contributed by atoms with Crippen molar-refractivity contribution in [2.24, 2.45) is 0 Å². The number of hydrogen-bond donors (Lipinski definition) is 2. The molecule has 0 amide bonds. The van der Waals surface area contributed by atoms with Gasteiger partial charge in [-0.2, -0.15) is 0 Å². The molecule has 0 fully saturated rings. The van der Waals surface area contributed by atoms with E-state index >= 15 is 0 Å². The van der Waals surface area contributed by atoms with E-state index in [1.807, 2.05) is 13.1 Å². The normalized spacial score (nSPS) is 28.8. The van der Waals surface area contributed by atoms with E-state index in [4.69, 9.17) is 0 Å². The fraction of sp³-hybridized carbons (Fsp3) is 0.733. The first kappa shape index (κ1) is 15.3. The topological polar surface area (TPSA) is 32.3 Å². The second kappa shape index (κ2) is 7.59. The number of rotatable bonds is 8. The molecular weight excluding hydrogens is 224 g/mol. The summed E-state index contributed by atoms with van der Waals surface area (Å²) < 4.78 is 0.589. The number of nitrogens with zero attached hydrogens (tertiary/aromatic N) is 1. The number of quaternary nitrogens is 1. The van der Waals surface area contributed by atoms with E-state index in [0.717, 1.165) is 13.0 Å². The molecule has 0 saturated carbocycles. The smallest absolute Gasteiger partial charge is 0.193 e. The van der Waals surface area contributed by atoms with Crippen LogP contribution in [0.1, 0.15) is 52.9 Å². The predicted molar refractivity (Wildman–Crippen MR) is 76.4 cm³/mol. The maximum absolute atomic E-state index is 9.99. The van der Waals surface area contributed by atoms with E-state index in [1.54, 1.807) is 0 Å². The fourth-order valence-electron chi connectivity index (χ4n) is 2.57. The van der Waals surface area contributed by atoms with Crippen LogP contribution in [0.5, 0.6) is 0 Å². The van der Waals surface area contributed by atoms with Crippen LogP contribution in [0, 0.1) is 0 Å². The van der Waals surface area contributed by atoms with E-state index < -0.39 is 0 Å². The average Bonchev–Trinajstić information content (AvgIpc) is 2.77. The van der Waals surface area contributed by atoms with Crippen molar-refractivity contribution in [1.82, 2.24) is 5.32 Å². The first-order valence-electron chi connectivity index (χ1n) is 7.33. The summed E-state index contributed by atoms with van der Waals surface area (Å²) in [5.74, 6) is 0. The van der Waals surface area contributed by atoms with E-state index in [1.165, 1.54) is 25.7 Å². The van der Waals surface area contributed by atoms with Gasteiger partial charge in [0.1, 0.15) is 6.20 Å². The van der Waals surface area contributed by atoms with Crippen molar-refractivity contribution in [1.29, 1.82) is 0 Å². The van der Waals surface area contributed by atoms with Gasteiger partial charge < -0.3 is 10.4 Å². The highest BCUT2D eigenvalue weighted by Gasteiger charge is 2.39. The maximum Gasteiger partial charge on any atom is 0.193 e. The van der Waals surface area contributed by atoms with Crippen molar-refractivity contribution >= 4 is 0 Å². The van der Waals surface area contributed by atoms with Crippen LogP contribution in [0.4, 0.5) is 0 Å². The summed E-state index contributed by atoms with van der Waals surface area (Å²) in [5, 5.41) is 13.3. The molecule has 0 aromatic heterocycles. The van der Waals surface area contributed by atoms with Crippen molar-refractivity contribution in [2.45, 2.75) is 65.3 Å². The molecular formula is C15H29N2O+. The third-order valence-corrected chi connectivity index (χ3v) is 3.92. The lowest BCUT2D eigenvalue weighted by atomic mass is 10.1. The van der Waals surface area contributed by atoms with Crippen LogP contribution in [-0.4, -0.2) is 28.5 Å². The fourth-order valence-corrected chi connectivity index (χ4v) is 2.57. The number of nitrogens with one attached hydrogen (secondary N) is 1. The molecule has 2 N–H and O–H groups in total. The first-order valence-corrected chi connectivity index (χ1v) is 7.33. The van der Waals surface area contributed by atoms with Gasteiger partial charge in [0.2, 0.25) is 0 Å². The number of likely N-dealkylation sites (N-methyl/N-ethyl adjacent to an activating group) is 1. The van der Waals surface area contributed by atoms with Crippen molar-refractivity contribution < 1.29 is 9.59 Å². The summed E-state index contributed by atoms with van der Waals surface area (Å²) in [5.41, 5.74) is 0. The Kier molecular flexibility index (Phi) is 6.44. The number of aliphatic hydroxyl groups is 1. The van der Waals surface area contributed by atoms with Gasteiger partial charge >= 0.3 is 0 Å². The zero-order valence-electron chi connectivity index (χ0n) is 12.1. The molecule has 3 atom stereocenters. The quantitative estimate of drug-likeness (QED) is 0.396. The van der Waals surface area contributed by atoms with Crippen LogP contribution in [0.3, 0.4) is 0 Å². The lowest BCUT2D eigenvalue weighted by molar-refractivity contribution is -0.935. The minimum absolute atomic E-state index is 0.182.